The summed E-state index contributed by atoms with van der Waals surface area (Å²) in [7, 11) is 0. The zero-order chi connectivity index (χ0) is 11.7. The summed E-state index contributed by atoms with van der Waals surface area (Å²) in [6.07, 6.45) is 3.64. The standard InChI is InChI=1S/C11H17N3O3/c15-10(9-6-12-14-13-9)8-1-3-17-11(5-8)2-4-16-7-11/h6,8,10,15H,1-5,7H2,(H,12,13,14). The molecule has 0 amide bonds. The predicted octanol–water partition coefficient (Wildman–Crippen LogP) is 0.424. The van der Waals surface area contributed by atoms with E-state index in [1.165, 1.54) is 0 Å². The van der Waals surface area contributed by atoms with Gasteiger partial charge in [0.15, 0.2) is 0 Å². The minimum absolute atomic E-state index is 0.173. The fourth-order valence-corrected chi connectivity index (χ4v) is 2.79. The number of H-pyrrole nitrogens is 1. The fraction of sp³-hybridized carbons (Fsp3) is 0.818. The number of hydrogen-bond acceptors (Lipinski definition) is 5. The third-order valence-corrected chi connectivity index (χ3v) is 3.78. The van der Waals surface area contributed by atoms with Crippen molar-refractivity contribution in [3.8, 4) is 0 Å². The first-order chi connectivity index (χ1) is 8.29. The molecule has 94 valence electrons. The summed E-state index contributed by atoms with van der Waals surface area (Å²) in [5, 5.41) is 20.5. The normalized spacial score (nSPS) is 35.2. The van der Waals surface area contributed by atoms with Crippen LogP contribution < -0.4 is 0 Å². The molecule has 2 saturated heterocycles. The van der Waals surface area contributed by atoms with Crippen molar-refractivity contribution < 1.29 is 14.6 Å². The monoisotopic (exact) mass is 239 g/mol. The van der Waals surface area contributed by atoms with E-state index in [2.05, 4.69) is 15.4 Å². The zero-order valence-corrected chi connectivity index (χ0v) is 9.63. The molecule has 6 heteroatoms. The average molecular weight is 239 g/mol. The topological polar surface area (TPSA) is 80.3 Å². The second kappa shape index (κ2) is 4.36. The van der Waals surface area contributed by atoms with E-state index in [9.17, 15) is 5.11 Å². The second-order valence-corrected chi connectivity index (χ2v) is 4.93. The number of hydrogen-bond donors (Lipinski definition) is 2. The molecule has 3 heterocycles. The number of aromatic nitrogens is 3. The minimum Gasteiger partial charge on any atom is -0.386 e. The van der Waals surface area contributed by atoms with Crippen molar-refractivity contribution in [3.05, 3.63) is 11.9 Å². The molecule has 3 unspecified atom stereocenters. The lowest BCUT2D eigenvalue weighted by Gasteiger charge is -2.38. The Hall–Kier alpha value is -0.980. The highest BCUT2D eigenvalue weighted by atomic mass is 16.6. The van der Waals surface area contributed by atoms with E-state index < -0.39 is 6.10 Å². The molecule has 6 nitrogen and oxygen atoms in total. The van der Waals surface area contributed by atoms with E-state index in [0.717, 1.165) is 25.9 Å². The average Bonchev–Trinajstić information content (AvgIpc) is 3.00. The SMILES string of the molecule is OC(c1cn[nH]n1)C1CCOC2(CCOC2)C1. The summed E-state index contributed by atoms with van der Waals surface area (Å²) >= 11 is 0. The van der Waals surface area contributed by atoms with Crippen LogP contribution in [0.4, 0.5) is 0 Å². The van der Waals surface area contributed by atoms with Gasteiger partial charge in [0.1, 0.15) is 11.8 Å². The van der Waals surface area contributed by atoms with Crippen molar-refractivity contribution >= 4 is 0 Å². The molecule has 3 rings (SSSR count). The molecule has 0 aromatic carbocycles. The van der Waals surface area contributed by atoms with Gasteiger partial charge >= 0.3 is 0 Å². The molecule has 0 saturated carbocycles. The number of aromatic amines is 1. The highest BCUT2D eigenvalue weighted by Crippen LogP contribution is 2.40. The summed E-state index contributed by atoms with van der Waals surface area (Å²) < 4.78 is 11.3. The molecular formula is C11H17N3O3. The molecule has 2 aliphatic rings. The molecule has 0 aliphatic carbocycles. The molecule has 0 bridgehead atoms. The molecule has 2 fully saturated rings. The van der Waals surface area contributed by atoms with Gasteiger partial charge in [-0.3, -0.25) is 0 Å². The van der Waals surface area contributed by atoms with Crippen molar-refractivity contribution in [3.63, 3.8) is 0 Å². The van der Waals surface area contributed by atoms with Crippen LogP contribution in [0.25, 0.3) is 0 Å². The minimum atomic E-state index is -0.560. The van der Waals surface area contributed by atoms with Gasteiger partial charge in [0.2, 0.25) is 0 Å². The first kappa shape index (κ1) is 11.1. The van der Waals surface area contributed by atoms with Gasteiger partial charge in [0, 0.05) is 19.6 Å². The van der Waals surface area contributed by atoms with Crippen LogP contribution in [0.2, 0.25) is 0 Å². The third kappa shape index (κ3) is 2.08. The quantitative estimate of drug-likeness (QED) is 0.782. The first-order valence-corrected chi connectivity index (χ1v) is 6.05. The Kier molecular flexibility index (Phi) is 2.85. The molecule has 3 atom stereocenters. The number of aliphatic hydroxyl groups is 1. The highest BCUT2D eigenvalue weighted by molar-refractivity contribution is 5.01. The van der Waals surface area contributed by atoms with Crippen LogP contribution in [0, 0.1) is 5.92 Å². The summed E-state index contributed by atoms with van der Waals surface area (Å²) in [6.45, 7) is 2.09. The van der Waals surface area contributed by atoms with Crippen molar-refractivity contribution in [2.45, 2.75) is 31.0 Å². The summed E-state index contributed by atoms with van der Waals surface area (Å²) in [5.74, 6) is 0.176. The summed E-state index contributed by atoms with van der Waals surface area (Å²) in [6, 6.07) is 0. The molecule has 2 N–H and O–H groups in total. The van der Waals surface area contributed by atoms with Crippen LogP contribution in [0.15, 0.2) is 6.20 Å². The Bertz CT molecular complexity index is 362. The van der Waals surface area contributed by atoms with Gasteiger partial charge in [-0.25, -0.2) is 0 Å². The van der Waals surface area contributed by atoms with Crippen LogP contribution in [-0.4, -0.2) is 45.9 Å². The van der Waals surface area contributed by atoms with E-state index in [4.69, 9.17) is 9.47 Å². The first-order valence-electron chi connectivity index (χ1n) is 6.05. The summed E-state index contributed by atoms with van der Waals surface area (Å²) in [5.41, 5.74) is 0.444. The number of aliphatic hydroxyl groups excluding tert-OH is 1. The van der Waals surface area contributed by atoms with E-state index in [1.54, 1.807) is 6.20 Å². The van der Waals surface area contributed by atoms with Gasteiger partial charge in [-0.15, -0.1) is 0 Å². The van der Waals surface area contributed by atoms with Gasteiger partial charge < -0.3 is 14.6 Å². The Labute approximate surface area is 99.3 Å². The lowest BCUT2D eigenvalue weighted by molar-refractivity contribution is -0.117. The number of rotatable bonds is 2. The van der Waals surface area contributed by atoms with Crippen LogP contribution in [0.3, 0.4) is 0 Å². The van der Waals surface area contributed by atoms with E-state index in [1.807, 2.05) is 0 Å². The molecule has 1 spiro atoms. The molecule has 2 aliphatic heterocycles. The lowest BCUT2D eigenvalue weighted by Crippen LogP contribution is -2.41. The van der Waals surface area contributed by atoms with Crippen molar-refractivity contribution in [1.82, 2.24) is 15.4 Å². The van der Waals surface area contributed by atoms with Crippen LogP contribution in [0.5, 0.6) is 0 Å². The highest BCUT2D eigenvalue weighted by Gasteiger charge is 2.43. The Morgan fingerprint density at radius 3 is 3.18 bits per heavy atom. The maximum Gasteiger partial charge on any atom is 0.111 e. The Balaban J connectivity index is 1.71. The molecule has 0 radical (unpaired) electrons. The maximum atomic E-state index is 10.3. The predicted molar refractivity (Wildman–Crippen MR) is 58.2 cm³/mol. The molecule has 1 aromatic heterocycles. The molecular weight excluding hydrogens is 222 g/mol. The fourth-order valence-electron chi connectivity index (χ4n) is 2.79. The van der Waals surface area contributed by atoms with Crippen molar-refractivity contribution in [2.75, 3.05) is 19.8 Å². The van der Waals surface area contributed by atoms with E-state index >= 15 is 0 Å². The number of nitrogens with one attached hydrogen (secondary N) is 1. The van der Waals surface area contributed by atoms with Crippen molar-refractivity contribution in [1.29, 1.82) is 0 Å². The zero-order valence-electron chi connectivity index (χ0n) is 9.63. The van der Waals surface area contributed by atoms with Crippen LogP contribution in [0.1, 0.15) is 31.1 Å². The van der Waals surface area contributed by atoms with Crippen LogP contribution in [-0.2, 0) is 9.47 Å². The molecule has 1 aromatic rings. The number of nitrogens with zero attached hydrogens (tertiary/aromatic N) is 2. The number of ether oxygens (including phenoxy) is 2. The smallest absolute Gasteiger partial charge is 0.111 e. The maximum absolute atomic E-state index is 10.3. The van der Waals surface area contributed by atoms with Crippen molar-refractivity contribution in [2.24, 2.45) is 5.92 Å². The van der Waals surface area contributed by atoms with E-state index in [-0.39, 0.29) is 11.5 Å². The van der Waals surface area contributed by atoms with Gasteiger partial charge in [-0.2, -0.15) is 15.4 Å². The van der Waals surface area contributed by atoms with Crippen LogP contribution >= 0.6 is 0 Å². The second-order valence-electron chi connectivity index (χ2n) is 4.93. The lowest BCUT2D eigenvalue weighted by atomic mass is 9.81. The summed E-state index contributed by atoms with van der Waals surface area (Å²) in [4.78, 5) is 0. The van der Waals surface area contributed by atoms with Gasteiger partial charge in [-0.05, 0) is 18.8 Å². The van der Waals surface area contributed by atoms with Gasteiger partial charge in [-0.1, -0.05) is 0 Å². The Morgan fingerprint density at radius 1 is 1.53 bits per heavy atom. The van der Waals surface area contributed by atoms with Gasteiger partial charge in [0.25, 0.3) is 0 Å². The van der Waals surface area contributed by atoms with E-state index in [0.29, 0.717) is 18.9 Å². The molecule has 17 heavy (non-hydrogen) atoms. The Morgan fingerprint density at radius 2 is 2.47 bits per heavy atom. The van der Waals surface area contributed by atoms with Gasteiger partial charge in [0.05, 0.1) is 18.4 Å². The third-order valence-electron chi connectivity index (χ3n) is 3.78. The largest absolute Gasteiger partial charge is 0.386 e.